The van der Waals surface area contributed by atoms with Crippen molar-refractivity contribution in [2.75, 3.05) is 17.3 Å². The lowest BCUT2D eigenvalue weighted by molar-refractivity contribution is -0.122. The van der Waals surface area contributed by atoms with E-state index in [0.29, 0.717) is 37.1 Å². The van der Waals surface area contributed by atoms with Gasteiger partial charge < -0.3 is 10.1 Å². The van der Waals surface area contributed by atoms with Gasteiger partial charge in [0.05, 0.1) is 23.7 Å². The number of carbonyl (C=O) groups is 3. The first-order valence-electron chi connectivity index (χ1n) is 12.5. The molecule has 0 radical (unpaired) electrons. The lowest BCUT2D eigenvalue weighted by atomic mass is 9.83. The number of amides is 3. The minimum absolute atomic E-state index is 0.254. The first-order valence-corrected chi connectivity index (χ1v) is 14.9. The van der Waals surface area contributed by atoms with Gasteiger partial charge in [-0.05, 0) is 66.2 Å². The summed E-state index contributed by atoms with van der Waals surface area (Å²) in [5.41, 5.74) is 1.73. The molecule has 2 unspecified atom stereocenters. The summed E-state index contributed by atoms with van der Waals surface area (Å²) >= 11 is 14.1. The number of nitrogens with zero attached hydrogens (tertiary/aromatic N) is 2. The van der Waals surface area contributed by atoms with Gasteiger partial charge in [-0.3, -0.25) is 23.7 Å². The molecule has 1 fully saturated rings. The van der Waals surface area contributed by atoms with E-state index in [-0.39, 0.29) is 23.2 Å². The second kappa shape index (κ2) is 11.0. The number of benzene rings is 3. The summed E-state index contributed by atoms with van der Waals surface area (Å²) in [5, 5.41) is 3.51. The zero-order valence-corrected chi connectivity index (χ0v) is 24.5. The summed E-state index contributed by atoms with van der Waals surface area (Å²) in [6.45, 7) is -0.254. The fourth-order valence-corrected chi connectivity index (χ4v) is 8.17. The van der Waals surface area contributed by atoms with Crippen molar-refractivity contribution >= 4 is 75.4 Å². The number of methoxy groups -OCH3 is 1. The smallest absolute Gasteiger partial charge is 0.308 e. The number of rotatable bonds is 6. The number of hydrogen-bond acceptors (Lipinski definition) is 7. The molecule has 1 N–H and O–H groups in total. The van der Waals surface area contributed by atoms with Crippen LogP contribution in [0.15, 0.2) is 82.6 Å². The zero-order chi connectivity index (χ0) is 28.8. The third kappa shape index (κ3) is 5.05. The van der Waals surface area contributed by atoms with Crippen LogP contribution in [0.4, 0.5) is 11.4 Å². The lowest BCUT2D eigenvalue weighted by Crippen LogP contribution is -2.33. The Morgan fingerprint density at radius 2 is 1.54 bits per heavy atom. The van der Waals surface area contributed by atoms with E-state index in [0.717, 1.165) is 28.7 Å². The van der Waals surface area contributed by atoms with Crippen molar-refractivity contribution in [2.24, 2.45) is 5.92 Å². The third-order valence-corrected chi connectivity index (χ3v) is 10.1. The van der Waals surface area contributed by atoms with Crippen LogP contribution in [-0.2, 0) is 20.9 Å². The molecule has 3 amide bonds. The van der Waals surface area contributed by atoms with Crippen LogP contribution >= 0.6 is 46.3 Å². The quantitative estimate of drug-likeness (QED) is 0.278. The van der Waals surface area contributed by atoms with E-state index in [9.17, 15) is 19.2 Å². The molecule has 4 aromatic rings. The van der Waals surface area contributed by atoms with Crippen LogP contribution in [-0.4, -0.2) is 34.6 Å². The number of thiazole rings is 1. The van der Waals surface area contributed by atoms with Crippen LogP contribution in [0.3, 0.4) is 0 Å². The first-order chi connectivity index (χ1) is 19.7. The highest BCUT2D eigenvalue weighted by Gasteiger charge is 2.56. The van der Waals surface area contributed by atoms with Gasteiger partial charge in [-0.1, -0.05) is 58.4 Å². The van der Waals surface area contributed by atoms with Crippen molar-refractivity contribution in [1.82, 2.24) is 4.57 Å². The maximum absolute atomic E-state index is 13.9. The molecule has 3 heterocycles. The SMILES string of the molecule is COc1ccc([C@@H]2c3sc(=O)n(CC(=O)Nc4ccc(Cl)cc4)c3SC3C(=O)N(c4ccc(Cl)cc4)C(=O)C32)cc1. The Kier molecular flexibility index (Phi) is 7.41. The predicted molar refractivity (Wildman–Crippen MR) is 161 cm³/mol. The summed E-state index contributed by atoms with van der Waals surface area (Å²) in [5.74, 6) is -1.83. The summed E-state index contributed by atoms with van der Waals surface area (Å²) in [7, 11) is 1.56. The van der Waals surface area contributed by atoms with Gasteiger partial charge in [0, 0.05) is 26.5 Å². The molecular weight excluding hydrogens is 605 g/mol. The van der Waals surface area contributed by atoms with Gasteiger partial charge in [-0.25, -0.2) is 4.90 Å². The van der Waals surface area contributed by atoms with E-state index < -0.39 is 23.0 Å². The Labute approximate surface area is 252 Å². The third-order valence-electron chi connectivity index (χ3n) is 7.04. The van der Waals surface area contributed by atoms with E-state index in [2.05, 4.69) is 5.32 Å². The van der Waals surface area contributed by atoms with Crippen molar-refractivity contribution in [3.8, 4) is 5.75 Å². The molecule has 1 saturated heterocycles. The van der Waals surface area contributed by atoms with Gasteiger partial charge in [0.25, 0.3) is 0 Å². The number of carbonyl (C=O) groups excluding carboxylic acids is 3. The Morgan fingerprint density at radius 1 is 0.902 bits per heavy atom. The van der Waals surface area contributed by atoms with Crippen LogP contribution in [0.2, 0.25) is 10.0 Å². The molecule has 6 rings (SSSR count). The van der Waals surface area contributed by atoms with E-state index >= 15 is 0 Å². The molecule has 12 heteroatoms. The van der Waals surface area contributed by atoms with Crippen molar-refractivity contribution in [3.63, 3.8) is 0 Å². The maximum atomic E-state index is 13.9. The van der Waals surface area contributed by atoms with Gasteiger partial charge >= 0.3 is 4.87 Å². The fourth-order valence-electron chi connectivity index (χ4n) is 5.15. The van der Waals surface area contributed by atoms with Crippen LogP contribution in [0, 0.1) is 5.92 Å². The zero-order valence-electron chi connectivity index (χ0n) is 21.4. The highest BCUT2D eigenvalue weighted by atomic mass is 35.5. The van der Waals surface area contributed by atoms with Crippen molar-refractivity contribution < 1.29 is 19.1 Å². The molecule has 1 aromatic heterocycles. The summed E-state index contributed by atoms with van der Waals surface area (Å²) in [6, 6.07) is 20.4. The van der Waals surface area contributed by atoms with Crippen LogP contribution < -0.4 is 19.8 Å². The number of anilines is 2. The van der Waals surface area contributed by atoms with Crippen LogP contribution in [0.5, 0.6) is 5.75 Å². The molecule has 208 valence electrons. The number of aromatic nitrogens is 1. The molecule has 2 aliphatic rings. The maximum Gasteiger partial charge on any atom is 0.308 e. The molecule has 2 aliphatic heterocycles. The molecule has 0 bridgehead atoms. The minimum atomic E-state index is -0.794. The number of halogens is 2. The van der Waals surface area contributed by atoms with Crippen molar-refractivity contribution in [3.05, 3.63) is 103 Å². The van der Waals surface area contributed by atoms with E-state index in [4.69, 9.17) is 27.9 Å². The predicted octanol–water partition coefficient (Wildman–Crippen LogP) is 5.66. The van der Waals surface area contributed by atoms with Gasteiger partial charge in [-0.2, -0.15) is 0 Å². The minimum Gasteiger partial charge on any atom is -0.497 e. The molecule has 0 spiro atoms. The molecular formula is C29H21Cl2N3O5S2. The summed E-state index contributed by atoms with van der Waals surface area (Å²) < 4.78 is 6.69. The molecule has 0 aliphatic carbocycles. The van der Waals surface area contributed by atoms with Crippen molar-refractivity contribution in [1.29, 1.82) is 0 Å². The highest BCUT2D eigenvalue weighted by molar-refractivity contribution is 8.00. The number of ether oxygens (including phenoxy) is 1. The van der Waals surface area contributed by atoms with Gasteiger partial charge in [0.1, 0.15) is 17.5 Å². The highest BCUT2D eigenvalue weighted by Crippen LogP contribution is 2.54. The van der Waals surface area contributed by atoms with Crippen LogP contribution in [0.1, 0.15) is 16.4 Å². The number of imide groups is 1. The normalized spacial score (nSPS) is 19.6. The van der Waals surface area contributed by atoms with Gasteiger partial charge in [-0.15, -0.1) is 0 Å². The second-order valence-electron chi connectivity index (χ2n) is 9.48. The Morgan fingerprint density at radius 3 is 2.17 bits per heavy atom. The fraction of sp³-hybridized carbons (Fsp3) is 0.172. The Hall–Kier alpha value is -3.57. The van der Waals surface area contributed by atoms with Gasteiger partial charge in [0.15, 0.2) is 0 Å². The molecule has 3 aromatic carbocycles. The number of fused-ring (bicyclic) bond motifs is 2. The molecule has 41 heavy (non-hydrogen) atoms. The molecule has 3 atom stereocenters. The van der Waals surface area contributed by atoms with E-state index in [1.54, 1.807) is 67.8 Å². The average Bonchev–Trinajstić information content (AvgIpc) is 3.41. The molecule has 8 nitrogen and oxygen atoms in total. The van der Waals surface area contributed by atoms with Crippen molar-refractivity contribution in [2.45, 2.75) is 22.7 Å². The van der Waals surface area contributed by atoms with Gasteiger partial charge in [0.2, 0.25) is 17.7 Å². The van der Waals surface area contributed by atoms with E-state index in [1.165, 1.54) is 9.47 Å². The molecule has 0 saturated carbocycles. The van der Waals surface area contributed by atoms with Crippen LogP contribution in [0.25, 0.3) is 0 Å². The summed E-state index contributed by atoms with van der Waals surface area (Å²) in [4.78, 5) is 55.5. The summed E-state index contributed by atoms with van der Waals surface area (Å²) in [6.07, 6.45) is 0. The average molecular weight is 627 g/mol. The standard InChI is InChI=1S/C29H21Cl2N3O5S2/c1-39-20-12-2-15(3-13-20)22-23-24(27(37)34(26(23)36)19-10-6-17(31)7-11-19)40-28-25(22)41-29(38)33(28)14-21(35)32-18-8-4-16(30)5-9-18/h2-13,22-24H,14H2,1H3,(H,32,35)/t22-,23?,24?/m0/s1. The topological polar surface area (TPSA) is 97.7 Å². The monoisotopic (exact) mass is 625 g/mol. The first kappa shape index (κ1) is 27.6. The Balaban J connectivity index is 1.40. The number of nitrogens with one attached hydrogen (secondary N) is 1. The largest absolute Gasteiger partial charge is 0.497 e. The number of thioether (sulfide) groups is 1. The lowest BCUT2D eigenvalue weighted by Gasteiger charge is -2.30. The van der Waals surface area contributed by atoms with E-state index in [1.807, 2.05) is 12.1 Å². The Bertz CT molecular complexity index is 1720. The number of hydrogen-bond donors (Lipinski definition) is 1. The second-order valence-corrected chi connectivity index (χ2v) is 12.5.